The Kier molecular flexibility index (Phi) is 5.22. The summed E-state index contributed by atoms with van der Waals surface area (Å²) in [6.45, 7) is 7.94. The quantitative estimate of drug-likeness (QED) is 0.812. The van der Waals surface area contributed by atoms with Gasteiger partial charge in [0.05, 0.1) is 19.4 Å². The van der Waals surface area contributed by atoms with Crippen LogP contribution in [0.15, 0.2) is 10.7 Å². The summed E-state index contributed by atoms with van der Waals surface area (Å²) in [7, 11) is 4.21. The van der Waals surface area contributed by atoms with E-state index in [4.69, 9.17) is 9.26 Å². The van der Waals surface area contributed by atoms with Gasteiger partial charge in [0, 0.05) is 38.3 Å². The number of carbonyl (C=O) groups excluding carboxylic acids is 1. The molecule has 1 spiro atoms. The highest BCUT2D eigenvalue weighted by molar-refractivity contribution is 5.94. The Morgan fingerprint density at radius 2 is 2.08 bits per heavy atom. The molecule has 0 saturated carbocycles. The van der Waals surface area contributed by atoms with Crippen molar-refractivity contribution in [2.45, 2.75) is 25.3 Å². The van der Waals surface area contributed by atoms with Crippen LogP contribution < -0.4 is 0 Å². The molecule has 3 heterocycles. The smallest absolute Gasteiger partial charge is 0.259 e. The first-order chi connectivity index (χ1) is 11.5. The summed E-state index contributed by atoms with van der Waals surface area (Å²) in [4.78, 5) is 19.3. The molecule has 0 aromatic carbocycles. The van der Waals surface area contributed by atoms with E-state index in [9.17, 15) is 4.79 Å². The van der Waals surface area contributed by atoms with Crippen molar-refractivity contribution in [3.05, 3.63) is 17.5 Å². The largest absolute Gasteiger partial charge is 0.378 e. The standard InChI is InChI=1S/C17H28N4O3/c1-14-15(12-18-24-14)16(22)20-6-4-17(5-7-20)13-23-11-10-21(17)9-8-19(2)3/h12H,4-11,13H2,1-3H3. The Bertz CT molecular complexity index is 564. The third-order valence-electron chi connectivity index (χ3n) is 5.33. The van der Waals surface area contributed by atoms with Crippen LogP contribution >= 0.6 is 0 Å². The highest BCUT2D eigenvalue weighted by Gasteiger charge is 2.43. The zero-order valence-electron chi connectivity index (χ0n) is 15.0. The first kappa shape index (κ1) is 17.4. The van der Waals surface area contributed by atoms with Gasteiger partial charge in [0.2, 0.25) is 0 Å². The lowest BCUT2D eigenvalue weighted by Crippen LogP contribution is -2.62. The molecular formula is C17H28N4O3. The van der Waals surface area contributed by atoms with E-state index < -0.39 is 0 Å². The topological polar surface area (TPSA) is 62.1 Å². The van der Waals surface area contributed by atoms with E-state index in [1.165, 1.54) is 6.20 Å². The lowest BCUT2D eigenvalue weighted by Gasteiger charge is -2.51. The first-order valence-electron chi connectivity index (χ1n) is 8.70. The predicted octanol–water partition coefficient (Wildman–Crippen LogP) is 0.852. The zero-order valence-corrected chi connectivity index (χ0v) is 15.0. The second-order valence-corrected chi connectivity index (χ2v) is 7.16. The Hall–Kier alpha value is -1.44. The lowest BCUT2D eigenvalue weighted by molar-refractivity contribution is -0.0927. The number of hydrogen-bond donors (Lipinski definition) is 0. The van der Waals surface area contributed by atoms with E-state index in [-0.39, 0.29) is 11.4 Å². The number of piperidine rings is 1. The summed E-state index contributed by atoms with van der Waals surface area (Å²) in [5, 5.41) is 3.72. The Morgan fingerprint density at radius 3 is 2.71 bits per heavy atom. The van der Waals surface area contributed by atoms with E-state index in [1.807, 2.05) is 4.90 Å². The molecule has 2 fully saturated rings. The maximum atomic E-state index is 12.6. The Labute approximate surface area is 143 Å². The third kappa shape index (κ3) is 3.48. The first-order valence-corrected chi connectivity index (χ1v) is 8.70. The van der Waals surface area contributed by atoms with Crippen LogP contribution in [0.5, 0.6) is 0 Å². The van der Waals surface area contributed by atoms with E-state index in [0.717, 1.165) is 58.8 Å². The van der Waals surface area contributed by atoms with E-state index in [2.05, 4.69) is 29.1 Å². The minimum absolute atomic E-state index is 0.0279. The summed E-state index contributed by atoms with van der Waals surface area (Å²) in [6, 6.07) is 0. The van der Waals surface area contributed by atoms with Gasteiger partial charge in [-0.3, -0.25) is 9.69 Å². The van der Waals surface area contributed by atoms with Gasteiger partial charge in [0.1, 0.15) is 11.3 Å². The molecule has 1 aromatic heterocycles. The number of carbonyl (C=O) groups is 1. The molecule has 7 heteroatoms. The molecular weight excluding hydrogens is 308 g/mol. The number of hydrogen-bond acceptors (Lipinski definition) is 6. The van der Waals surface area contributed by atoms with Crippen molar-refractivity contribution in [1.29, 1.82) is 0 Å². The van der Waals surface area contributed by atoms with Gasteiger partial charge in [-0.25, -0.2) is 0 Å². The Morgan fingerprint density at radius 1 is 1.33 bits per heavy atom. The fourth-order valence-electron chi connectivity index (χ4n) is 3.70. The maximum Gasteiger partial charge on any atom is 0.259 e. The molecule has 2 aliphatic rings. The summed E-state index contributed by atoms with van der Waals surface area (Å²) < 4.78 is 10.8. The second kappa shape index (κ2) is 7.21. The van der Waals surface area contributed by atoms with Crippen molar-refractivity contribution < 1.29 is 14.1 Å². The van der Waals surface area contributed by atoms with Crippen LogP contribution in [0.25, 0.3) is 0 Å². The van der Waals surface area contributed by atoms with Crippen molar-refractivity contribution in [2.75, 3.05) is 60.0 Å². The van der Waals surface area contributed by atoms with E-state index in [1.54, 1.807) is 6.92 Å². The van der Waals surface area contributed by atoms with Crippen LogP contribution in [0, 0.1) is 6.92 Å². The van der Waals surface area contributed by atoms with Crippen LogP contribution in [0.2, 0.25) is 0 Å². The number of aromatic nitrogens is 1. The number of ether oxygens (including phenoxy) is 1. The number of rotatable bonds is 4. The van der Waals surface area contributed by atoms with Gasteiger partial charge in [-0.1, -0.05) is 5.16 Å². The zero-order chi connectivity index (χ0) is 17.2. The lowest BCUT2D eigenvalue weighted by atomic mass is 9.85. The van der Waals surface area contributed by atoms with Gasteiger partial charge >= 0.3 is 0 Å². The van der Waals surface area contributed by atoms with E-state index >= 15 is 0 Å². The van der Waals surface area contributed by atoms with Crippen LogP contribution in [0.3, 0.4) is 0 Å². The van der Waals surface area contributed by atoms with Crippen molar-refractivity contribution in [2.24, 2.45) is 0 Å². The molecule has 2 saturated heterocycles. The molecule has 0 unspecified atom stereocenters. The van der Waals surface area contributed by atoms with Gasteiger partial charge < -0.3 is 19.1 Å². The molecule has 0 radical (unpaired) electrons. The van der Waals surface area contributed by atoms with Crippen molar-refractivity contribution in [1.82, 2.24) is 19.9 Å². The Balaban J connectivity index is 1.63. The number of morpholine rings is 1. The van der Waals surface area contributed by atoms with Crippen LogP contribution in [0.1, 0.15) is 29.0 Å². The van der Waals surface area contributed by atoms with Crippen molar-refractivity contribution in [3.63, 3.8) is 0 Å². The maximum absolute atomic E-state index is 12.6. The predicted molar refractivity (Wildman–Crippen MR) is 90.1 cm³/mol. The average Bonchev–Trinajstić information content (AvgIpc) is 3.00. The van der Waals surface area contributed by atoms with Gasteiger partial charge in [0.15, 0.2) is 0 Å². The van der Waals surface area contributed by atoms with Gasteiger partial charge in [-0.2, -0.15) is 0 Å². The molecule has 0 bridgehead atoms. The number of amides is 1. The van der Waals surface area contributed by atoms with Crippen LogP contribution in [-0.2, 0) is 4.74 Å². The third-order valence-corrected chi connectivity index (χ3v) is 5.33. The normalized spacial score (nSPS) is 21.6. The van der Waals surface area contributed by atoms with Crippen molar-refractivity contribution in [3.8, 4) is 0 Å². The number of likely N-dealkylation sites (tertiary alicyclic amines) is 1. The molecule has 7 nitrogen and oxygen atoms in total. The minimum atomic E-state index is 0.0279. The van der Waals surface area contributed by atoms with Gasteiger partial charge in [-0.15, -0.1) is 0 Å². The summed E-state index contributed by atoms with van der Waals surface area (Å²) in [5.41, 5.74) is 0.657. The highest BCUT2D eigenvalue weighted by Crippen LogP contribution is 2.32. The fourth-order valence-corrected chi connectivity index (χ4v) is 3.70. The van der Waals surface area contributed by atoms with Crippen LogP contribution in [0.4, 0.5) is 0 Å². The molecule has 0 atom stereocenters. The number of nitrogens with zero attached hydrogens (tertiary/aromatic N) is 4. The van der Waals surface area contributed by atoms with Gasteiger partial charge in [-0.05, 0) is 33.9 Å². The molecule has 3 rings (SSSR count). The second-order valence-electron chi connectivity index (χ2n) is 7.16. The summed E-state index contributed by atoms with van der Waals surface area (Å²) in [6.07, 6.45) is 3.43. The molecule has 1 amide bonds. The number of likely N-dealkylation sites (N-methyl/N-ethyl adjacent to an activating group) is 1. The molecule has 24 heavy (non-hydrogen) atoms. The highest BCUT2D eigenvalue weighted by atomic mass is 16.5. The summed E-state index contributed by atoms with van der Waals surface area (Å²) >= 11 is 0. The molecule has 1 aromatic rings. The van der Waals surface area contributed by atoms with Crippen LogP contribution in [-0.4, -0.2) is 91.3 Å². The summed E-state index contributed by atoms with van der Waals surface area (Å²) in [5.74, 6) is 0.620. The average molecular weight is 336 g/mol. The fraction of sp³-hybridized carbons (Fsp3) is 0.765. The number of aryl methyl sites for hydroxylation is 1. The minimum Gasteiger partial charge on any atom is -0.378 e. The van der Waals surface area contributed by atoms with E-state index in [0.29, 0.717) is 11.3 Å². The monoisotopic (exact) mass is 336 g/mol. The van der Waals surface area contributed by atoms with Crippen molar-refractivity contribution >= 4 is 5.91 Å². The molecule has 134 valence electrons. The molecule has 0 N–H and O–H groups in total. The SMILES string of the molecule is Cc1oncc1C(=O)N1CCC2(CC1)COCCN2CCN(C)C. The molecule has 0 aliphatic carbocycles. The molecule has 2 aliphatic heterocycles. The van der Waals surface area contributed by atoms with Gasteiger partial charge in [0.25, 0.3) is 5.91 Å².